The molecule has 0 fully saturated rings. The molecule has 16 heavy (non-hydrogen) atoms. The monoisotopic (exact) mass is 256 g/mol. The Morgan fingerprint density at radius 2 is 1.44 bits per heavy atom. The van der Waals surface area contributed by atoms with Gasteiger partial charge in [-0.1, -0.05) is 13.8 Å². The topological polar surface area (TPSA) is 110 Å². The molecule has 0 amide bonds. The van der Waals surface area contributed by atoms with Gasteiger partial charge in [-0.3, -0.25) is 0 Å². The molecule has 0 aliphatic rings. The third-order valence-corrected chi connectivity index (χ3v) is 4.19. The zero-order chi connectivity index (χ0) is 12.8. The molecule has 0 saturated carbocycles. The minimum Gasteiger partial charge on any atom is -0.394 e. The zero-order valence-electron chi connectivity index (χ0n) is 9.55. The van der Waals surface area contributed by atoms with Gasteiger partial charge in [0.25, 0.3) is 10.2 Å². The summed E-state index contributed by atoms with van der Waals surface area (Å²) in [5.74, 6) is 0. The molecule has 0 aromatic heterocycles. The quantitative estimate of drug-likeness (QED) is 0.397. The Morgan fingerprint density at radius 3 is 1.69 bits per heavy atom. The van der Waals surface area contributed by atoms with Crippen LogP contribution in [-0.2, 0) is 10.2 Å². The fraction of sp³-hybridized carbons (Fsp3) is 1.00. The van der Waals surface area contributed by atoms with Crippen LogP contribution in [0.1, 0.15) is 13.8 Å². The SMILES string of the molecule is CCN(CC)S(=O)(=O)NC(CO)(CO)CO. The first-order valence-corrected chi connectivity index (χ1v) is 6.47. The average Bonchev–Trinajstić information content (AvgIpc) is 2.27. The lowest BCUT2D eigenvalue weighted by Gasteiger charge is -2.31. The van der Waals surface area contributed by atoms with Crippen LogP contribution in [-0.4, -0.2) is 66.5 Å². The van der Waals surface area contributed by atoms with Gasteiger partial charge in [-0.2, -0.15) is 17.4 Å². The van der Waals surface area contributed by atoms with Crippen molar-refractivity contribution in [3.63, 3.8) is 0 Å². The second kappa shape index (κ2) is 6.48. The highest BCUT2D eigenvalue weighted by molar-refractivity contribution is 7.87. The fourth-order valence-electron chi connectivity index (χ4n) is 1.15. The van der Waals surface area contributed by atoms with E-state index in [9.17, 15) is 8.42 Å². The fourth-order valence-corrected chi connectivity index (χ4v) is 2.70. The Balaban J connectivity index is 4.92. The highest BCUT2D eigenvalue weighted by atomic mass is 32.2. The van der Waals surface area contributed by atoms with E-state index in [1.165, 1.54) is 0 Å². The molecule has 0 atom stereocenters. The highest BCUT2D eigenvalue weighted by Crippen LogP contribution is 2.07. The van der Waals surface area contributed by atoms with Crippen molar-refractivity contribution in [3.05, 3.63) is 0 Å². The van der Waals surface area contributed by atoms with Gasteiger partial charge < -0.3 is 15.3 Å². The van der Waals surface area contributed by atoms with Crippen molar-refractivity contribution in [2.24, 2.45) is 0 Å². The number of nitrogens with zero attached hydrogens (tertiary/aromatic N) is 1. The molecule has 0 heterocycles. The van der Waals surface area contributed by atoms with Crippen molar-refractivity contribution in [1.82, 2.24) is 9.03 Å². The second-order valence-electron chi connectivity index (χ2n) is 3.45. The molecule has 0 aromatic rings. The van der Waals surface area contributed by atoms with Crippen molar-refractivity contribution in [3.8, 4) is 0 Å². The van der Waals surface area contributed by atoms with Crippen molar-refractivity contribution in [2.75, 3.05) is 32.9 Å². The van der Waals surface area contributed by atoms with Gasteiger partial charge in [0.05, 0.1) is 19.8 Å². The van der Waals surface area contributed by atoms with E-state index < -0.39 is 35.6 Å². The summed E-state index contributed by atoms with van der Waals surface area (Å²) in [6.07, 6.45) is 0. The molecule has 0 bridgehead atoms. The minimum atomic E-state index is -3.81. The minimum absolute atomic E-state index is 0.268. The molecular weight excluding hydrogens is 236 g/mol. The van der Waals surface area contributed by atoms with E-state index in [0.29, 0.717) is 0 Å². The molecule has 98 valence electrons. The smallest absolute Gasteiger partial charge is 0.280 e. The van der Waals surface area contributed by atoms with Crippen LogP contribution < -0.4 is 4.72 Å². The molecule has 0 radical (unpaired) electrons. The van der Waals surface area contributed by atoms with Crippen LogP contribution in [0.3, 0.4) is 0 Å². The summed E-state index contributed by atoms with van der Waals surface area (Å²) in [4.78, 5) is 0. The van der Waals surface area contributed by atoms with E-state index in [1.54, 1.807) is 13.8 Å². The number of nitrogens with one attached hydrogen (secondary N) is 1. The summed E-state index contributed by atoms with van der Waals surface area (Å²) < 4.78 is 26.8. The Hall–Kier alpha value is -0.250. The summed E-state index contributed by atoms with van der Waals surface area (Å²) in [5, 5.41) is 27.0. The molecule has 4 N–H and O–H groups in total. The maximum atomic E-state index is 11.8. The van der Waals surface area contributed by atoms with Crippen LogP contribution in [0.2, 0.25) is 0 Å². The van der Waals surface area contributed by atoms with Gasteiger partial charge in [-0.25, -0.2) is 0 Å². The summed E-state index contributed by atoms with van der Waals surface area (Å²) >= 11 is 0. The molecule has 8 heteroatoms. The first-order chi connectivity index (χ1) is 7.41. The second-order valence-corrected chi connectivity index (χ2v) is 5.12. The molecule has 0 rings (SSSR count). The van der Waals surface area contributed by atoms with Crippen molar-refractivity contribution in [1.29, 1.82) is 0 Å². The van der Waals surface area contributed by atoms with Crippen LogP contribution in [0.5, 0.6) is 0 Å². The Labute approximate surface area is 95.9 Å². The molecule has 7 nitrogen and oxygen atoms in total. The van der Waals surface area contributed by atoms with Crippen LogP contribution in [0.25, 0.3) is 0 Å². The zero-order valence-corrected chi connectivity index (χ0v) is 10.4. The molecule has 0 spiro atoms. The number of hydrogen-bond acceptors (Lipinski definition) is 5. The van der Waals surface area contributed by atoms with Gasteiger partial charge in [-0.15, -0.1) is 0 Å². The Kier molecular flexibility index (Phi) is 6.38. The van der Waals surface area contributed by atoms with Crippen LogP contribution in [0.15, 0.2) is 0 Å². The van der Waals surface area contributed by atoms with E-state index in [1.807, 2.05) is 0 Å². The Bertz CT molecular complexity index is 277. The number of aliphatic hydroxyl groups is 3. The predicted molar refractivity (Wildman–Crippen MR) is 59.0 cm³/mol. The van der Waals surface area contributed by atoms with Gasteiger partial charge in [-0.05, 0) is 0 Å². The highest BCUT2D eigenvalue weighted by Gasteiger charge is 2.35. The summed E-state index contributed by atoms with van der Waals surface area (Å²) in [6.45, 7) is 1.83. The van der Waals surface area contributed by atoms with Crippen molar-refractivity contribution in [2.45, 2.75) is 19.4 Å². The summed E-state index contributed by atoms with van der Waals surface area (Å²) in [6, 6.07) is 0. The lowest BCUT2D eigenvalue weighted by atomic mass is 10.1. The Morgan fingerprint density at radius 1 is 1.06 bits per heavy atom. The first-order valence-electron chi connectivity index (χ1n) is 5.03. The number of rotatable bonds is 8. The summed E-state index contributed by atoms with van der Waals surface area (Å²) in [7, 11) is -3.81. The van der Waals surface area contributed by atoms with E-state index in [-0.39, 0.29) is 13.1 Å². The molecule has 0 unspecified atom stereocenters. The standard InChI is InChI=1S/C8H20N2O5S/c1-3-10(4-2)16(14,15)9-8(5-11,6-12)7-13/h9,11-13H,3-7H2,1-2H3. The van der Waals surface area contributed by atoms with Crippen LogP contribution in [0, 0.1) is 0 Å². The molecule has 0 aliphatic heterocycles. The van der Waals surface area contributed by atoms with E-state index >= 15 is 0 Å². The lowest BCUT2D eigenvalue weighted by Crippen LogP contribution is -2.60. The normalized spacial score (nSPS) is 13.4. The third kappa shape index (κ3) is 3.65. The van der Waals surface area contributed by atoms with Gasteiger partial charge in [0.2, 0.25) is 0 Å². The molecular formula is C8H20N2O5S. The van der Waals surface area contributed by atoms with E-state index in [0.717, 1.165) is 4.31 Å². The number of hydrogen-bond donors (Lipinski definition) is 4. The summed E-state index contributed by atoms with van der Waals surface area (Å²) in [5.41, 5.74) is -1.62. The largest absolute Gasteiger partial charge is 0.394 e. The van der Waals surface area contributed by atoms with Gasteiger partial charge in [0.15, 0.2) is 0 Å². The van der Waals surface area contributed by atoms with Gasteiger partial charge in [0, 0.05) is 13.1 Å². The lowest BCUT2D eigenvalue weighted by molar-refractivity contribution is 0.0569. The van der Waals surface area contributed by atoms with Crippen molar-refractivity contribution >= 4 is 10.2 Å². The first kappa shape index (κ1) is 15.8. The maximum Gasteiger partial charge on any atom is 0.280 e. The predicted octanol–water partition coefficient (Wildman–Crippen LogP) is -2.12. The molecule has 0 saturated heterocycles. The number of aliphatic hydroxyl groups excluding tert-OH is 3. The van der Waals surface area contributed by atoms with E-state index in [4.69, 9.17) is 15.3 Å². The van der Waals surface area contributed by atoms with Gasteiger partial charge >= 0.3 is 0 Å². The third-order valence-electron chi connectivity index (χ3n) is 2.30. The van der Waals surface area contributed by atoms with E-state index in [2.05, 4.69) is 4.72 Å². The van der Waals surface area contributed by atoms with Crippen LogP contribution >= 0.6 is 0 Å². The maximum absolute atomic E-state index is 11.8. The van der Waals surface area contributed by atoms with Gasteiger partial charge in [0.1, 0.15) is 5.54 Å². The van der Waals surface area contributed by atoms with Crippen LogP contribution in [0.4, 0.5) is 0 Å². The molecule has 0 aromatic carbocycles. The van der Waals surface area contributed by atoms with Crippen molar-refractivity contribution < 1.29 is 23.7 Å². The average molecular weight is 256 g/mol. The molecule has 0 aliphatic carbocycles.